The summed E-state index contributed by atoms with van der Waals surface area (Å²) in [5.41, 5.74) is 0. The molecule has 2 bridgehead atoms. The van der Waals surface area contributed by atoms with Crippen LogP contribution in [0.1, 0.15) is 19.8 Å². The maximum Gasteiger partial charge on any atom is 0.407 e. The van der Waals surface area contributed by atoms with E-state index in [1.807, 2.05) is 0 Å². The molecule has 2 rings (SSSR count). The first-order valence-corrected chi connectivity index (χ1v) is 5.04. The Kier molecular flexibility index (Phi) is 2.36. The number of piperazine rings is 1. The molecule has 5 heteroatoms. The van der Waals surface area contributed by atoms with Crippen molar-refractivity contribution in [2.24, 2.45) is 0 Å². The molecule has 2 saturated heterocycles. The summed E-state index contributed by atoms with van der Waals surface area (Å²) >= 11 is 0. The second-order valence-corrected chi connectivity index (χ2v) is 4.16. The molecular weight excluding hydrogens is 184 g/mol. The van der Waals surface area contributed by atoms with E-state index < -0.39 is 12.2 Å². The van der Waals surface area contributed by atoms with Crippen molar-refractivity contribution in [1.82, 2.24) is 10.2 Å². The third-order valence-electron chi connectivity index (χ3n) is 3.29. The third kappa shape index (κ3) is 1.36. The zero-order chi connectivity index (χ0) is 10.3. The zero-order valence-corrected chi connectivity index (χ0v) is 8.18. The molecule has 2 heterocycles. The van der Waals surface area contributed by atoms with E-state index in [4.69, 9.17) is 5.11 Å². The Morgan fingerprint density at radius 1 is 1.57 bits per heavy atom. The lowest BCUT2D eigenvalue weighted by Crippen LogP contribution is -2.62. The van der Waals surface area contributed by atoms with Gasteiger partial charge in [0, 0.05) is 12.6 Å². The molecule has 0 aromatic carbocycles. The first kappa shape index (κ1) is 9.73. The number of aliphatic hydroxyl groups excluding tert-OH is 1. The molecule has 2 aliphatic rings. The topological polar surface area (TPSA) is 72.8 Å². The second-order valence-electron chi connectivity index (χ2n) is 4.16. The van der Waals surface area contributed by atoms with Gasteiger partial charge in [0.25, 0.3) is 0 Å². The van der Waals surface area contributed by atoms with Crippen LogP contribution in [0, 0.1) is 0 Å². The summed E-state index contributed by atoms with van der Waals surface area (Å²) in [5.74, 6) is 0. The van der Waals surface area contributed by atoms with Crippen LogP contribution < -0.4 is 5.32 Å². The first-order valence-electron chi connectivity index (χ1n) is 5.04. The van der Waals surface area contributed by atoms with Gasteiger partial charge in [0.15, 0.2) is 0 Å². The van der Waals surface area contributed by atoms with Gasteiger partial charge in [0.05, 0.1) is 18.2 Å². The summed E-state index contributed by atoms with van der Waals surface area (Å²) in [7, 11) is 0. The number of hydrogen-bond donors (Lipinski definition) is 3. The molecule has 2 fully saturated rings. The van der Waals surface area contributed by atoms with Gasteiger partial charge in [0.1, 0.15) is 0 Å². The third-order valence-corrected chi connectivity index (χ3v) is 3.29. The highest BCUT2D eigenvalue weighted by atomic mass is 16.4. The number of rotatable bonds is 1. The molecule has 0 aliphatic carbocycles. The summed E-state index contributed by atoms with van der Waals surface area (Å²) in [6.07, 6.45) is 0.415. The quantitative estimate of drug-likeness (QED) is 0.550. The van der Waals surface area contributed by atoms with E-state index >= 15 is 0 Å². The molecule has 0 radical (unpaired) electrons. The van der Waals surface area contributed by atoms with Gasteiger partial charge >= 0.3 is 6.09 Å². The van der Waals surface area contributed by atoms with Crippen molar-refractivity contribution < 1.29 is 15.0 Å². The number of fused-ring (bicyclic) bond motifs is 2. The number of carbonyl (C=O) groups is 1. The van der Waals surface area contributed by atoms with Crippen molar-refractivity contribution in [3.63, 3.8) is 0 Å². The van der Waals surface area contributed by atoms with Gasteiger partial charge in [-0.2, -0.15) is 0 Å². The summed E-state index contributed by atoms with van der Waals surface area (Å²) in [6, 6.07) is -0.0522. The van der Waals surface area contributed by atoms with Gasteiger partial charge in [-0.1, -0.05) is 0 Å². The van der Waals surface area contributed by atoms with Gasteiger partial charge < -0.3 is 15.5 Å². The first-order chi connectivity index (χ1) is 6.61. The predicted molar refractivity (Wildman–Crippen MR) is 50.1 cm³/mol. The molecule has 1 unspecified atom stereocenters. The average molecular weight is 200 g/mol. The summed E-state index contributed by atoms with van der Waals surface area (Å²) in [5, 5.41) is 21.8. The number of hydrogen-bond acceptors (Lipinski definition) is 3. The standard InChI is InChI=1S/C9H16N2O3/c1-5(12)8-7-3-2-6(4-10-8)11(7)9(13)14/h5-8,10,12H,2-4H2,1H3,(H,13,14)/t5?,6-,7+,8-/m1/s1. The summed E-state index contributed by atoms with van der Waals surface area (Å²) in [6.45, 7) is 2.37. The van der Waals surface area contributed by atoms with Crippen LogP contribution in [0.25, 0.3) is 0 Å². The fourth-order valence-corrected chi connectivity index (χ4v) is 2.66. The van der Waals surface area contributed by atoms with Gasteiger partial charge in [-0.05, 0) is 19.8 Å². The molecule has 2 aliphatic heterocycles. The lowest BCUT2D eigenvalue weighted by Gasteiger charge is -2.40. The molecule has 14 heavy (non-hydrogen) atoms. The van der Waals surface area contributed by atoms with Gasteiger partial charge in [0.2, 0.25) is 0 Å². The number of carboxylic acid groups (broad SMARTS) is 1. The van der Waals surface area contributed by atoms with Crippen LogP contribution in [-0.4, -0.2) is 52.0 Å². The van der Waals surface area contributed by atoms with Crippen LogP contribution in [0.15, 0.2) is 0 Å². The van der Waals surface area contributed by atoms with Gasteiger partial charge in [-0.25, -0.2) is 4.79 Å². The van der Waals surface area contributed by atoms with E-state index in [-0.39, 0.29) is 18.1 Å². The van der Waals surface area contributed by atoms with Crippen LogP contribution in [0.2, 0.25) is 0 Å². The van der Waals surface area contributed by atoms with Crippen LogP contribution >= 0.6 is 0 Å². The highest BCUT2D eigenvalue weighted by Gasteiger charge is 2.46. The monoisotopic (exact) mass is 200 g/mol. The van der Waals surface area contributed by atoms with Crippen molar-refractivity contribution in [2.45, 2.75) is 44.0 Å². The molecule has 4 atom stereocenters. The Morgan fingerprint density at radius 3 is 2.86 bits per heavy atom. The van der Waals surface area contributed by atoms with Crippen molar-refractivity contribution in [3.05, 3.63) is 0 Å². The maximum absolute atomic E-state index is 11.0. The van der Waals surface area contributed by atoms with E-state index in [0.29, 0.717) is 6.54 Å². The van der Waals surface area contributed by atoms with E-state index in [0.717, 1.165) is 12.8 Å². The highest BCUT2D eigenvalue weighted by Crippen LogP contribution is 2.30. The van der Waals surface area contributed by atoms with E-state index in [9.17, 15) is 9.90 Å². The molecule has 0 aromatic rings. The van der Waals surface area contributed by atoms with Crippen LogP contribution in [0.5, 0.6) is 0 Å². The summed E-state index contributed by atoms with van der Waals surface area (Å²) < 4.78 is 0. The minimum atomic E-state index is -0.857. The maximum atomic E-state index is 11.0. The highest BCUT2D eigenvalue weighted by molar-refractivity contribution is 5.67. The molecule has 1 amide bonds. The lowest BCUT2D eigenvalue weighted by atomic mass is 10.0. The Hall–Kier alpha value is -0.810. The smallest absolute Gasteiger partial charge is 0.407 e. The molecule has 3 N–H and O–H groups in total. The Balaban J connectivity index is 2.17. The van der Waals surface area contributed by atoms with Crippen molar-refractivity contribution in [2.75, 3.05) is 6.54 Å². The molecule has 80 valence electrons. The van der Waals surface area contributed by atoms with Gasteiger partial charge in [-0.3, -0.25) is 4.90 Å². The van der Waals surface area contributed by atoms with Crippen molar-refractivity contribution in [1.29, 1.82) is 0 Å². The molecule has 5 nitrogen and oxygen atoms in total. The number of nitrogens with one attached hydrogen (secondary N) is 1. The zero-order valence-electron chi connectivity index (χ0n) is 8.18. The Morgan fingerprint density at radius 2 is 2.29 bits per heavy atom. The summed E-state index contributed by atoms with van der Waals surface area (Å²) in [4.78, 5) is 12.5. The van der Waals surface area contributed by atoms with Crippen LogP contribution in [0.4, 0.5) is 4.79 Å². The minimum Gasteiger partial charge on any atom is -0.465 e. The number of amides is 1. The van der Waals surface area contributed by atoms with Crippen molar-refractivity contribution >= 4 is 6.09 Å². The molecule has 0 saturated carbocycles. The normalized spacial score (nSPS) is 38.4. The van der Waals surface area contributed by atoms with E-state index in [2.05, 4.69) is 5.32 Å². The SMILES string of the molecule is CC(O)[C@H]1NC[C@H]2CC[C@@H]1N2C(=O)O. The number of nitrogens with zero attached hydrogens (tertiary/aromatic N) is 1. The fraction of sp³-hybridized carbons (Fsp3) is 0.889. The molecule has 0 aromatic heterocycles. The Labute approximate surface area is 82.7 Å². The number of aliphatic hydroxyl groups is 1. The largest absolute Gasteiger partial charge is 0.465 e. The Bertz CT molecular complexity index is 244. The molecular formula is C9H16N2O3. The van der Waals surface area contributed by atoms with Gasteiger partial charge in [-0.15, -0.1) is 0 Å². The van der Waals surface area contributed by atoms with Crippen LogP contribution in [-0.2, 0) is 0 Å². The average Bonchev–Trinajstić information content (AvgIpc) is 2.40. The van der Waals surface area contributed by atoms with E-state index in [1.54, 1.807) is 6.92 Å². The van der Waals surface area contributed by atoms with Crippen molar-refractivity contribution in [3.8, 4) is 0 Å². The minimum absolute atomic E-state index is 0.0498. The van der Waals surface area contributed by atoms with Crippen LogP contribution in [0.3, 0.4) is 0 Å². The lowest BCUT2D eigenvalue weighted by molar-refractivity contribution is 0.0466. The molecule has 0 spiro atoms. The predicted octanol–water partition coefficient (Wildman–Crippen LogP) is -0.150. The second kappa shape index (κ2) is 3.40. The fourth-order valence-electron chi connectivity index (χ4n) is 2.66. The van der Waals surface area contributed by atoms with E-state index in [1.165, 1.54) is 4.90 Å².